The van der Waals surface area contributed by atoms with Crippen LogP contribution in [-0.2, 0) is 6.42 Å². The molecule has 1 aromatic rings. The third-order valence-electron chi connectivity index (χ3n) is 1.73. The first-order valence-corrected chi connectivity index (χ1v) is 4.69. The molecule has 4 heteroatoms. The van der Waals surface area contributed by atoms with E-state index in [4.69, 9.17) is 4.74 Å². The van der Waals surface area contributed by atoms with Crippen molar-refractivity contribution in [2.24, 2.45) is 0 Å². The maximum absolute atomic E-state index is 11.9. The van der Waals surface area contributed by atoms with Crippen LogP contribution in [0.4, 0.5) is 3.89 Å². The monoisotopic (exact) mass is 214 g/mol. The summed E-state index contributed by atoms with van der Waals surface area (Å²) >= 11 is -0.197. The van der Waals surface area contributed by atoms with Gasteiger partial charge in [-0.2, -0.15) is 0 Å². The topological polar surface area (TPSA) is 18.5 Å². The first-order chi connectivity index (χ1) is 6.81. The van der Waals surface area contributed by atoms with Crippen LogP contribution in [-0.4, -0.2) is 7.11 Å². The Morgan fingerprint density at radius 2 is 2.29 bits per heavy atom. The predicted molar refractivity (Wildman–Crippen MR) is 56.2 cm³/mol. The molecule has 0 aliphatic rings. The Labute approximate surface area is 87.2 Å². The van der Waals surface area contributed by atoms with Crippen molar-refractivity contribution in [2.75, 3.05) is 7.11 Å². The van der Waals surface area contributed by atoms with Gasteiger partial charge in [0, 0.05) is 0 Å². The van der Waals surface area contributed by atoms with Crippen LogP contribution in [0.5, 0.6) is 11.5 Å². The average molecular weight is 214 g/mol. The minimum absolute atomic E-state index is 0.197. The average Bonchev–Trinajstić information content (AvgIpc) is 2.21. The molecule has 0 aliphatic heterocycles. The summed E-state index contributed by atoms with van der Waals surface area (Å²) in [6.07, 6.45) is 2.54. The second-order valence-corrected chi connectivity index (χ2v) is 2.92. The molecule has 0 fully saturated rings. The molecule has 0 amide bonds. The highest BCUT2D eigenvalue weighted by atomic mass is 32.2. The summed E-state index contributed by atoms with van der Waals surface area (Å²) < 4.78 is 21.6. The van der Waals surface area contributed by atoms with E-state index in [1.165, 1.54) is 7.11 Å². The molecule has 0 saturated heterocycles. The molecular weight excluding hydrogens is 203 g/mol. The lowest BCUT2D eigenvalue weighted by Gasteiger charge is -2.07. The number of halogens is 1. The molecular formula is C10H11FO2S. The smallest absolute Gasteiger partial charge is 0.272 e. The van der Waals surface area contributed by atoms with Crippen molar-refractivity contribution >= 4 is 12.4 Å². The van der Waals surface area contributed by atoms with Gasteiger partial charge in [0.25, 0.3) is 12.4 Å². The van der Waals surface area contributed by atoms with E-state index in [9.17, 15) is 3.89 Å². The molecule has 0 saturated carbocycles. The van der Waals surface area contributed by atoms with Crippen molar-refractivity contribution in [2.45, 2.75) is 6.42 Å². The normalized spacial score (nSPS) is 9.57. The van der Waals surface area contributed by atoms with Crippen molar-refractivity contribution in [1.82, 2.24) is 0 Å². The fourth-order valence-electron chi connectivity index (χ4n) is 1.11. The Bertz CT molecular complexity index is 315. The van der Waals surface area contributed by atoms with Crippen molar-refractivity contribution in [3.05, 3.63) is 36.4 Å². The van der Waals surface area contributed by atoms with Crippen LogP contribution in [0.1, 0.15) is 5.56 Å². The highest BCUT2D eigenvalue weighted by Gasteiger charge is 2.05. The lowest BCUT2D eigenvalue weighted by Crippen LogP contribution is -1.90. The summed E-state index contributed by atoms with van der Waals surface area (Å²) in [6.45, 7) is 3.63. The number of hydrogen-bond acceptors (Lipinski definition) is 3. The number of rotatable bonds is 5. The van der Waals surface area contributed by atoms with Gasteiger partial charge in [-0.05, 0) is 24.1 Å². The van der Waals surface area contributed by atoms with Gasteiger partial charge in [0.1, 0.15) is 0 Å². The lowest BCUT2D eigenvalue weighted by atomic mass is 10.1. The molecule has 0 bridgehead atoms. The Hall–Kier alpha value is -1.16. The summed E-state index contributed by atoms with van der Waals surface area (Å²) in [7, 11) is 1.52. The zero-order chi connectivity index (χ0) is 10.4. The van der Waals surface area contributed by atoms with E-state index in [1.807, 2.05) is 6.07 Å². The van der Waals surface area contributed by atoms with Crippen LogP contribution >= 0.6 is 12.4 Å². The van der Waals surface area contributed by atoms with Gasteiger partial charge < -0.3 is 8.92 Å². The first kappa shape index (κ1) is 10.9. The van der Waals surface area contributed by atoms with Gasteiger partial charge in [-0.15, -0.1) is 10.5 Å². The standard InChI is InChI=1S/C10H11FO2S/c1-3-4-8-5-6-9(13-14-11)10(7-8)12-2/h3,5-7H,1,4H2,2H3. The Morgan fingerprint density at radius 1 is 1.50 bits per heavy atom. The largest absolute Gasteiger partial charge is 0.493 e. The van der Waals surface area contributed by atoms with Crippen molar-refractivity contribution < 1.29 is 12.8 Å². The SMILES string of the molecule is C=CCc1ccc(OSF)c(OC)c1. The molecule has 1 rings (SSSR count). The van der Waals surface area contributed by atoms with E-state index >= 15 is 0 Å². The van der Waals surface area contributed by atoms with Crippen molar-refractivity contribution in [1.29, 1.82) is 0 Å². The Morgan fingerprint density at radius 3 is 2.86 bits per heavy atom. The zero-order valence-electron chi connectivity index (χ0n) is 7.83. The van der Waals surface area contributed by atoms with E-state index in [0.717, 1.165) is 12.0 Å². The Balaban J connectivity index is 2.92. The second-order valence-electron chi connectivity index (χ2n) is 2.62. The third-order valence-corrected chi connectivity index (χ3v) is 1.97. The number of ether oxygens (including phenoxy) is 1. The quantitative estimate of drug-likeness (QED) is 0.553. The molecule has 2 nitrogen and oxygen atoms in total. The van der Waals surface area contributed by atoms with Gasteiger partial charge in [0.2, 0.25) is 0 Å². The molecule has 0 aliphatic carbocycles. The number of benzene rings is 1. The van der Waals surface area contributed by atoms with Gasteiger partial charge >= 0.3 is 0 Å². The van der Waals surface area contributed by atoms with E-state index in [2.05, 4.69) is 10.8 Å². The van der Waals surface area contributed by atoms with E-state index in [1.54, 1.807) is 18.2 Å². The summed E-state index contributed by atoms with van der Waals surface area (Å²) in [5.74, 6) is 0.905. The second kappa shape index (κ2) is 5.54. The molecule has 0 N–H and O–H groups in total. The van der Waals surface area contributed by atoms with Crippen LogP contribution < -0.4 is 8.92 Å². The summed E-state index contributed by atoms with van der Waals surface area (Å²) in [6, 6.07) is 5.31. The van der Waals surface area contributed by atoms with Crippen LogP contribution in [0.25, 0.3) is 0 Å². The predicted octanol–water partition coefficient (Wildman–Crippen LogP) is 3.34. The van der Waals surface area contributed by atoms with E-state index in [0.29, 0.717) is 11.5 Å². The number of methoxy groups -OCH3 is 1. The van der Waals surface area contributed by atoms with E-state index in [-0.39, 0.29) is 12.4 Å². The molecule has 0 atom stereocenters. The summed E-state index contributed by atoms with van der Waals surface area (Å²) in [5.41, 5.74) is 1.05. The summed E-state index contributed by atoms with van der Waals surface area (Å²) in [4.78, 5) is 0. The van der Waals surface area contributed by atoms with Gasteiger partial charge in [-0.25, -0.2) is 0 Å². The van der Waals surface area contributed by atoms with Gasteiger partial charge in [0.15, 0.2) is 11.5 Å². The van der Waals surface area contributed by atoms with Crippen LogP contribution in [0.2, 0.25) is 0 Å². The maximum Gasteiger partial charge on any atom is 0.272 e. The fourth-order valence-corrected chi connectivity index (χ4v) is 1.31. The van der Waals surface area contributed by atoms with Crippen molar-refractivity contribution in [3.8, 4) is 11.5 Å². The Kier molecular flexibility index (Phi) is 4.32. The van der Waals surface area contributed by atoms with Gasteiger partial charge in [-0.1, -0.05) is 12.1 Å². The summed E-state index contributed by atoms with van der Waals surface area (Å²) in [5, 5.41) is 0. The van der Waals surface area contributed by atoms with Crippen LogP contribution in [0.3, 0.4) is 0 Å². The molecule has 14 heavy (non-hydrogen) atoms. The molecule has 0 aromatic heterocycles. The maximum atomic E-state index is 11.9. The van der Waals surface area contributed by atoms with Gasteiger partial charge in [0.05, 0.1) is 7.11 Å². The first-order valence-electron chi connectivity index (χ1n) is 4.05. The molecule has 0 radical (unpaired) electrons. The molecule has 0 unspecified atom stereocenters. The number of hydrogen-bond donors (Lipinski definition) is 0. The minimum atomic E-state index is -0.197. The van der Waals surface area contributed by atoms with E-state index < -0.39 is 0 Å². The van der Waals surface area contributed by atoms with Gasteiger partial charge in [-0.3, -0.25) is 0 Å². The molecule has 1 aromatic carbocycles. The lowest BCUT2D eigenvalue weighted by molar-refractivity contribution is 0.397. The molecule has 76 valence electrons. The van der Waals surface area contributed by atoms with Crippen LogP contribution in [0.15, 0.2) is 30.9 Å². The highest BCUT2D eigenvalue weighted by molar-refractivity contribution is 7.89. The van der Waals surface area contributed by atoms with Crippen molar-refractivity contribution in [3.63, 3.8) is 0 Å². The fraction of sp³-hybridized carbons (Fsp3) is 0.200. The third kappa shape index (κ3) is 2.67. The highest BCUT2D eigenvalue weighted by Crippen LogP contribution is 2.30. The zero-order valence-corrected chi connectivity index (χ0v) is 8.64. The minimum Gasteiger partial charge on any atom is -0.493 e. The molecule has 0 spiro atoms. The van der Waals surface area contributed by atoms with Crippen LogP contribution in [0, 0.1) is 0 Å². The molecule has 0 heterocycles. The number of allylic oxidation sites excluding steroid dienone is 1.